The monoisotopic (exact) mass is 267 g/mol. The normalized spacial score (nSPS) is 13.8. The number of methoxy groups -OCH3 is 1. The molecule has 3 rings (SSSR count). The summed E-state index contributed by atoms with van der Waals surface area (Å²) in [5.41, 5.74) is 2.94. The number of ether oxygens (including phenoxy) is 1. The lowest BCUT2D eigenvalue weighted by Gasteiger charge is -2.06. The third-order valence-electron chi connectivity index (χ3n) is 3.06. The molecule has 0 bridgehead atoms. The Labute approximate surface area is 116 Å². The molecule has 0 radical (unpaired) electrons. The van der Waals surface area contributed by atoms with Gasteiger partial charge in [0.15, 0.2) is 0 Å². The fourth-order valence-corrected chi connectivity index (χ4v) is 2.07. The summed E-state index contributed by atoms with van der Waals surface area (Å²) < 4.78 is 5.16. The van der Waals surface area contributed by atoms with Gasteiger partial charge in [0.05, 0.1) is 30.6 Å². The van der Waals surface area contributed by atoms with Crippen molar-refractivity contribution in [3.8, 4) is 5.75 Å². The molecule has 20 heavy (non-hydrogen) atoms. The van der Waals surface area contributed by atoms with E-state index in [1.54, 1.807) is 25.6 Å². The maximum atomic E-state index is 12.0. The summed E-state index contributed by atoms with van der Waals surface area (Å²) >= 11 is 0. The fourth-order valence-electron chi connectivity index (χ4n) is 2.07. The molecule has 0 saturated heterocycles. The fraction of sp³-hybridized carbons (Fsp3) is 0.133. The third kappa shape index (κ3) is 2.38. The number of pyridine rings is 1. The summed E-state index contributed by atoms with van der Waals surface area (Å²) in [5.74, 6) is 0.587. The number of amides is 1. The molecule has 2 heterocycles. The molecule has 100 valence electrons. The van der Waals surface area contributed by atoms with E-state index in [2.05, 4.69) is 15.3 Å². The van der Waals surface area contributed by atoms with Crippen LogP contribution in [0, 0.1) is 0 Å². The largest absolute Gasteiger partial charge is 0.497 e. The quantitative estimate of drug-likeness (QED) is 0.909. The Hall–Kier alpha value is -2.69. The van der Waals surface area contributed by atoms with Crippen LogP contribution in [0.15, 0.2) is 47.7 Å². The molecule has 0 aliphatic carbocycles. The summed E-state index contributed by atoms with van der Waals surface area (Å²) in [7, 11) is 1.59. The van der Waals surface area contributed by atoms with Crippen molar-refractivity contribution in [2.45, 2.75) is 6.42 Å². The second-order valence-electron chi connectivity index (χ2n) is 4.41. The lowest BCUT2D eigenvalue weighted by Crippen LogP contribution is -2.15. The summed E-state index contributed by atoms with van der Waals surface area (Å²) in [4.78, 5) is 20.6. The van der Waals surface area contributed by atoms with Crippen LogP contribution >= 0.6 is 0 Å². The van der Waals surface area contributed by atoms with Gasteiger partial charge in [-0.25, -0.2) is 0 Å². The molecule has 1 aromatic heterocycles. The lowest BCUT2D eigenvalue weighted by molar-refractivity contribution is -0.115. The number of hydrogen-bond donors (Lipinski definition) is 1. The van der Waals surface area contributed by atoms with Crippen molar-refractivity contribution in [1.29, 1.82) is 0 Å². The SMILES string of the molecule is COc1ccc2c(c1)NC(=O)CC(c1cccnc1)=N2. The van der Waals surface area contributed by atoms with Gasteiger partial charge in [0.1, 0.15) is 5.75 Å². The number of aliphatic imine (C=N–C) groups is 1. The van der Waals surface area contributed by atoms with Gasteiger partial charge < -0.3 is 10.1 Å². The van der Waals surface area contributed by atoms with Crippen molar-refractivity contribution in [3.63, 3.8) is 0 Å². The van der Waals surface area contributed by atoms with E-state index < -0.39 is 0 Å². The first-order valence-corrected chi connectivity index (χ1v) is 6.22. The first-order valence-electron chi connectivity index (χ1n) is 6.22. The zero-order valence-electron chi connectivity index (χ0n) is 11.0. The Balaban J connectivity index is 2.08. The number of aromatic nitrogens is 1. The number of fused-ring (bicyclic) bond motifs is 1. The topological polar surface area (TPSA) is 63.6 Å². The predicted octanol–water partition coefficient (Wildman–Crippen LogP) is 2.55. The second kappa shape index (κ2) is 5.13. The van der Waals surface area contributed by atoms with E-state index in [0.29, 0.717) is 17.1 Å². The van der Waals surface area contributed by atoms with Gasteiger partial charge in [-0.15, -0.1) is 0 Å². The van der Waals surface area contributed by atoms with E-state index in [-0.39, 0.29) is 12.3 Å². The highest BCUT2D eigenvalue weighted by molar-refractivity contribution is 6.16. The molecule has 0 saturated carbocycles. The zero-order valence-corrected chi connectivity index (χ0v) is 11.0. The van der Waals surface area contributed by atoms with E-state index in [9.17, 15) is 4.79 Å². The Kier molecular flexibility index (Phi) is 3.16. The number of carbonyl (C=O) groups excluding carboxylic acids is 1. The number of nitrogens with zero attached hydrogens (tertiary/aromatic N) is 2. The van der Waals surface area contributed by atoms with Gasteiger partial charge in [-0.3, -0.25) is 14.8 Å². The molecular weight excluding hydrogens is 254 g/mol. The Morgan fingerprint density at radius 1 is 1.30 bits per heavy atom. The third-order valence-corrected chi connectivity index (χ3v) is 3.06. The molecule has 1 aliphatic heterocycles. The van der Waals surface area contributed by atoms with E-state index >= 15 is 0 Å². The molecule has 1 amide bonds. The van der Waals surface area contributed by atoms with Crippen LogP contribution < -0.4 is 10.1 Å². The number of nitrogens with one attached hydrogen (secondary N) is 1. The molecule has 0 atom stereocenters. The average Bonchev–Trinajstić information content (AvgIpc) is 2.65. The smallest absolute Gasteiger partial charge is 0.230 e. The Morgan fingerprint density at radius 2 is 2.20 bits per heavy atom. The van der Waals surface area contributed by atoms with Gasteiger partial charge in [0.2, 0.25) is 5.91 Å². The summed E-state index contributed by atoms with van der Waals surface area (Å²) in [6.07, 6.45) is 3.63. The number of anilines is 1. The van der Waals surface area contributed by atoms with Crippen molar-refractivity contribution < 1.29 is 9.53 Å². The summed E-state index contributed by atoms with van der Waals surface area (Å²) in [5, 5.41) is 2.84. The molecular formula is C15H13N3O2. The molecule has 0 unspecified atom stereocenters. The van der Waals surface area contributed by atoms with Crippen LogP contribution in [-0.4, -0.2) is 23.7 Å². The molecule has 0 spiro atoms. The van der Waals surface area contributed by atoms with Crippen LogP contribution in [0.3, 0.4) is 0 Å². The minimum absolute atomic E-state index is 0.0976. The predicted molar refractivity (Wildman–Crippen MR) is 76.7 cm³/mol. The number of benzene rings is 1. The second-order valence-corrected chi connectivity index (χ2v) is 4.41. The lowest BCUT2D eigenvalue weighted by atomic mass is 10.1. The van der Waals surface area contributed by atoms with Gasteiger partial charge in [-0.05, 0) is 18.2 Å². The molecule has 0 fully saturated rings. The van der Waals surface area contributed by atoms with Crippen LogP contribution in [0.5, 0.6) is 5.75 Å². The zero-order chi connectivity index (χ0) is 13.9. The van der Waals surface area contributed by atoms with Gasteiger partial charge in [-0.1, -0.05) is 6.07 Å². The number of carbonyl (C=O) groups is 1. The van der Waals surface area contributed by atoms with E-state index in [1.807, 2.05) is 24.3 Å². The maximum Gasteiger partial charge on any atom is 0.230 e. The van der Waals surface area contributed by atoms with E-state index in [4.69, 9.17) is 4.74 Å². The minimum Gasteiger partial charge on any atom is -0.497 e. The first kappa shape index (κ1) is 12.3. The van der Waals surface area contributed by atoms with Crippen molar-refractivity contribution in [1.82, 2.24) is 4.98 Å². The maximum absolute atomic E-state index is 12.0. The van der Waals surface area contributed by atoms with E-state index in [0.717, 1.165) is 11.3 Å². The highest BCUT2D eigenvalue weighted by atomic mass is 16.5. The van der Waals surface area contributed by atoms with E-state index in [1.165, 1.54) is 0 Å². The Morgan fingerprint density at radius 3 is 2.95 bits per heavy atom. The van der Waals surface area contributed by atoms with Gasteiger partial charge in [0.25, 0.3) is 0 Å². The van der Waals surface area contributed by atoms with Crippen molar-refractivity contribution in [2.24, 2.45) is 4.99 Å². The van der Waals surface area contributed by atoms with Crippen molar-refractivity contribution in [2.75, 3.05) is 12.4 Å². The van der Waals surface area contributed by atoms with Gasteiger partial charge in [-0.2, -0.15) is 0 Å². The summed E-state index contributed by atoms with van der Waals surface area (Å²) in [6.45, 7) is 0. The van der Waals surface area contributed by atoms with Crippen LogP contribution in [0.2, 0.25) is 0 Å². The van der Waals surface area contributed by atoms with Gasteiger partial charge in [0, 0.05) is 24.0 Å². The van der Waals surface area contributed by atoms with Crippen molar-refractivity contribution in [3.05, 3.63) is 48.3 Å². The molecule has 1 aromatic carbocycles. The Bertz CT molecular complexity index is 681. The number of rotatable bonds is 2. The standard InChI is InChI=1S/C15H13N3O2/c1-20-11-4-5-12-14(7-11)18-15(19)8-13(17-12)10-3-2-6-16-9-10/h2-7,9H,8H2,1H3,(H,18,19). The molecule has 5 heteroatoms. The molecule has 1 aliphatic rings. The molecule has 2 aromatic rings. The van der Waals surface area contributed by atoms with Crippen LogP contribution in [-0.2, 0) is 4.79 Å². The summed E-state index contributed by atoms with van der Waals surface area (Å²) in [6, 6.07) is 9.14. The average molecular weight is 267 g/mol. The molecule has 5 nitrogen and oxygen atoms in total. The highest BCUT2D eigenvalue weighted by Crippen LogP contribution is 2.32. The van der Waals surface area contributed by atoms with Crippen LogP contribution in [0.25, 0.3) is 0 Å². The number of hydrogen-bond acceptors (Lipinski definition) is 4. The van der Waals surface area contributed by atoms with Crippen molar-refractivity contribution >= 4 is 23.0 Å². The van der Waals surface area contributed by atoms with Crippen LogP contribution in [0.1, 0.15) is 12.0 Å². The van der Waals surface area contributed by atoms with Crippen LogP contribution in [0.4, 0.5) is 11.4 Å². The highest BCUT2D eigenvalue weighted by Gasteiger charge is 2.17. The van der Waals surface area contributed by atoms with Gasteiger partial charge >= 0.3 is 0 Å². The molecule has 1 N–H and O–H groups in total. The first-order chi connectivity index (χ1) is 9.76. The minimum atomic E-state index is -0.0976.